The van der Waals surface area contributed by atoms with Gasteiger partial charge in [0.1, 0.15) is 23.3 Å². The predicted molar refractivity (Wildman–Crippen MR) is 150 cm³/mol. The number of hydrogen-bond acceptors (Lipinski definition) is 10. The number of hydrogen-bond donors (Lipinski definition) is 2. The van der Waals surface area contributed by atoms with Gasteiger partial charge in [0, 0.05) is 11.8 Å². The molecule has 0 radical (unpaired) electrons. The van der Waals surface area contributed by atoms with E-state index in [-0.39, 0.29) is 23.4 Å². The molecule has 4 atom stereocenters. The van der Waals surface area contributed by atoms with Crippen molar-refractivity contribution in [2.45, 2.75) is 117 Å². The Bertz CT molecular complexity index is 1080. The van der Waals surface area contributed by atoms with Gasteiger partial charge < -0.3 is 34.5 Å². The third kappa shape index (κ3) is 10.9. The van der Waals surface area contributed by atoms with Crippen LogP contribution in [-0.2, 0) is 23.8 Å². The van der Waals surface area contributed by atoms with E-state index in [0.717, 1.165) is 32.1 Å². The van der Waals surface area contributed by atoms with Crippen LogP contribution in [0.15, 0.2) is 18.2 Å². The topological polar surface area (TPSA) is 161 Å². The Morgan fingerprint density at radius 1 is 0.854 bits per heavy atom. The average Bonchev–Trinajstić information content (AvgIpc) is 2.83. The van der Waals surface area contributed by atoms with Crippen LogP contribution in [-0.4, -0.2) is 52.7 Å². The zero-order valence-electron chi connectivity index (χ0n) is 25.4. The van der Waals surface area contributed by atoms with Crippen LogP contribution in [0.4, 0.5) is 9.59 Å². The number of carboxylic acid groups (broad SMARTS) is 1. The molecule has 0 amide bonds. The summed E-state index contributed by atoms with van der Waals surface area (Å²) in [4.78, 5) is 49.8. The number of carbonyl (C=O) groups is 4. The van der Waals surface area contributed by atoms with E-state index in [1.165, 1.54) is 18.2 Å². The summed E-state index contributed by atoms with van der Waals surface area (Å²) in [5.74, 6) is -3.54. The van der Waals surface area contributed by atoms with Gasteiger partial charge in [0.25, 0.3) is 0 Å². The van der Waals surface area contributed by atoms with Crippen LogP contribution in [0, 0.1) is 11.8 Å². The predicted octanol–water partition coefficient (Wildman–Crippen LogP) is 5.96. The second-order valence-corrected chi connectivity index (χ2v) is 12.6. The van der Waals surface area contributed by atoms with Crippen molar-refractivity contribution in [3.63, 3.8) is 0 Å². The summed E-state index contributed by atoms with van der Waals surface area (Å²) < 4.78 is 26.9. The molecule has 0 aliphatic heterocycles. The van der Waals surface area contributed by atoms with Crippen molar-refractivity contribution in [3.05, 3.63) is 23.8 Å². The van der Waals surface area contributed by atoms with Gasteiger partial charge in [0.2, 0.25) is 0 Å². The van der Waals surface area contributed by atoms with E-state index in [4.69, 9.17) is 29.4 Å². The molecule has 0 saturated heterocycles. The van der Waals surface area contributed by atoms with E-state index in [1.54, 1.807) is 55.4 Å². The molecule has 2 rings (SSSR count). The van der Waals surface area contributed by atoms with Gasteiger partial charge in [0.15, 0.2) is 11.5 Å². The highest BCUT2D eigenvalue weighted by Crippen LogP contribution is 2.38. The number of carbonyl (C=O) groups excluding carboxylic acids is 3. The first-order chi connectivity index (χ1) is 18.9. The normalized spacial score (nSPS) is 17.4. The van der Waals surface area contributed by atoms with Crippen molar-refractivity contribution in [1.82, 2.24) is 0 Å². The molecular formula is C30H45NO10. The summed E-state index contributed by atoms with van der Waals surface area (Å²) in [5, 5.41) is 9.83. The maximum atomic E-state index is 12.8. The summed E-state index contributed by atoms with van der Waals surface area (Å²) in [6, 6.07) is 2.84. The highest BCUT2D eigenvalue weighted by Gasteiger charge is 2.37. The van der Waals surface area contributed by atoms with Crippen molar-refractivity contribution in [3.8, 4) is 11.5 Å². The van der Waals surface area contributed by atoms with Gasteiger partial charge >= 0.3 is 24.2 Å². The number of carboxylic acids is 1. The van der Waals surface area contributed by atoms with E-state index in [9.17, 15) is 24.3 Å². The molecule has 3 unspecified atom stereocenters. The summed E-state index contributed by atoms with van der Waals surface area (Å²) in [7, 11) is 0. The molecule has 11 heteroatoms. The molecule has 1 saturated carbocycles. The number of rotatable bonds is 9. The standard InChI is InChI=1S/C30H45NO10/c1-17(18(2)37-26(34)19-12-10-9-11-13-19)23(24(31)25(32)33)20-14-15-21(38-27(35)40-29(3,4)5)22(16-20)39-28(36)41-30(6,7)8/h14-19,23-24H,9-13,31H2,1-8H3,(H,32,33)/t17?,18?,23?,24-/m0/s1. The van der Waals surface area contributed by atoms with Crippen LogP contribution in [0.25, 0.3) is 0 Å². The maximum Gasteiger partial charge on any atom is 0.514 e. The van der Waals surface area contributed by atoms with Gasteiger partial charge in [-0.25, -0.2) is 9.59 Å². The number of ether oxygens (including phenoxy) is 5. The first kappa shape index (κ1) is 33.9. The van der Waals surface area contributed by atoms with Crippen molar-refractivity contribution in [1.29, 1.82) is 0 Å². The fourth-order valence-corrected chi connectivity index (χ4v) is 4.63. The van der Waals surface area contributed by atoms with Gasteiger partial charge in [-0.3, -0.25) is 9.59 Å². The lowest BCUT2D eigenvalue weighted by Crippen LogP contribution is -2.43. The minimum Gasteiger partial charge on any atom is -0.480 e. The molecule has 1 aliphatic carbocycles. The molecule has 0 spiro atoms. The second kappa shape index (κ2) is 14.0. The van der Waals surface area contributed by atoms with E-state index in [2.05, 4.69) is 0 Å². The molecule has 41 heavy (non-hydrogen) atoms. The molecule has 1 aromatic carbocycles. The minimum atomic E-state index is -1.40. The van der Waals surface area contributed by atoms with Gasteiger partial charge in [-0.1, -0.05) is 32.3 Å². The van der Waals surface area contributed by atoms with Gasteiger partial charge in [0.05, 0.1) is 5.92 Å². The largest absolute Gasteiger partial charge is 0.514 e. The van der Waals surface area contributed by atoms with Crippen LogP contribution in [0.5, 0.6) is 11.5 Å². The number of nitrogens with two attached hydrogens (primary N) is 1. The monoisotopic (exact) mass is 579 g/mol. The third-order valence-electron chi connectivity index (χ3n) is 6.74. The molecule has 230 valence electrons. The fourth-order valence-electron chi connectivity index (χ4n) is 4.63. The van der Waals surface area contributed by atoms with Crippen LogP contribution < -0.4 is 15.2 Å². The minimum absolute atomic E-state index is 0.152. The molecule has 0 bridgehead atoms. The quantitative estimate of drug-likeness (QED) is 0.202. The molecule has 1 aliphatic rings. The SMILES string of the molecule is CC(OC(=O)C1CCCCC1)C(C)C(c1ccc(OC(=O)OC(C)(C)C)c(OC(=O)OC(C)(C)C)c1)[C@H](N)C(=O)O. The number of esters is 1. The Hall–Kier alpha value is -3.34. The lowest BCUT2D eigenvalue weighted by atomic mass is 9.79. The Morgan fingerprint density at radius 3 is 1.85 bits per heavy atom. The first-order valence-electron chi connectivity index (χ1n) is 14.0. The number of aliphatic carboxylic acids is 1. The van der Waals surface area contributed by atoms with Crippen LogP contribution >= 0.6 is 0 Å². The highest BCUT2D eigenvalue weighted by molar-refractivity contribution is 5.75. The summed E-state index contributed by atoms with van der Waals surface area (Å²) in [5.41, 5.74) is 4.80. The van der Waals surface area contributed by atoms with E-state index in [1.807, 2.05) is 0 Å². The fraction of sp³-hybridized carbons (Fsp3) is 0.667. The maximum absolute atomic E-state index is 12.8. The molecule has 0 heterocycles. The van der Waals surface area contributed by atoms with Crippen molar-refractivity contribution >= 4 is 24.2 Å². The first-order valence-corrected chi connectivity index (χ1v) is 14.0. The Kier molecular flexibility index (Phi) is 11.6. The summed E-state index contributed by atoms with van der Waals surface area (Å²) >= 11 is 0. The van der Waals surface area contributed by atoms with Gasteiger partial charge in [-0.05, 0) is 79.0 Å². The van der Waals surface area contributed by atoms with Crippen LogP contribution in [0.2, 0.25) is 0 Å². The summed E-state index contributed by atoms with van der Waals surface area (Å²) in [6.45, 7) is 13.4. The molecular weight excluding hydrogens is 534 g/mol. The van der Waals surface area contributed by atoms with Crippen molar-refractivity contribution in [2.24, 2.45) is 17.6 Å². The average molecular weight is 580 g/mol. The Morgan fingerprint density at radius 2 is 1.37 bits per heavy atom. The van der Waals surface area contributed by atoms with Gasteiger partial charge in [-0.2, -0.15) is 0 Å². The van der Waals surface area contributed by atoms with E-state index >= 15 is 0 Å². The van der Waals surface area contributed by atoms with E-state index < -0.39 is 53.5 Å². The lowest BCUT2D eigenvalue weighted by Gasteiger charge is -2.33. The molecule has 1 fully saturated rings. The summed E-state index contributed by atoms with van der Waals surface area (Å²) in [6.07, 6.45) is 1.79. The molecule has 3 N–H and O–H groups in total. The Balaban J connectivity index is 2.43. The zero-order valence-corrected chi connectivity index (χ0v) is 25.4. The van der Waals surface area contributed by atoms with Crippen molar-refractivity contribution < 1.29 is 48.0 Å². The number of benzene rings is 1. The highest BCUT2D eigenvalue weighted by atomic mass is 16.8. The van der Waals surface area contributed by atoms with Gasteiger partial charge in [-0.15, -0.1) is 0 Å². The third-order valence-corrected chi connectivity index (χ3v) is 6.74. The lowest BCUT2D eigenvalue weighted by molar-refractivity contribution is -0.157. The van der Waals surface area contributed by atoms with Crippen LogP contribution in [0.1, 0.15) is 99.0 Å². The zero-order chi connectivity index (χ0) is 31.1. The molecule has 0 aromatic heterocycles. The Labute approximate surface area is 242 Å². The molecule has 1 aromatic rings. The smallest absolute Gasteiger partial charge is 0.480 e. The van der Waals surface area contributed by atoms with Crippen molar-refractivity contribution in [2.75, 3.05) is 0 Å². The molecule has 11 nitrogen and oxygen atoms in total. The second-order valence-electron chi connectivity index (χ2n) is 12.6. The van der Waals surface area contributed by atoms with E-state index in [0.29, 0.717) is 5.56 Å². The van der Waals surface area contributed by atoms with Crippen LogP contribution in [0.3, 0.4) is 0 Å².